The Morgan fingerprint density at radius 3 is 1.87 bits per heavy atom. The second kappa shape index (κ2) is 4.11. The molecule has 88 valence electrons. The molecule has 15 heavy (non-hydrogen) atoms. The third-order valence-corrected chi connectivity index (χ3v) is 5.05. The van der Waals surface area contributed by atoms with Crippen molar-refractivity contribution in [2.75, 3.05) is 0 Å². The van der Waals surface area contributed by atoms with E-state index in [0.717, 1.165) is 11.3 Å². The first-order chi connectivity index (χ1) is 7.05. The molecule has 1 unspecified atom stereocenters. The predicted octanol–water partition coefficient (Wildman–Crippen LogP) is 5.17. The van der Waals surface area contributed by atoms with Gasteiger partial charge in [0.05, 0.1) is 0 Å². The fraction of sp³-hybridized carbons (Fsp3) is 1.00. The zero-order valence-corrected chi connectivity index (χ0v) is 10.9. The van der Waals surface area contributed by atoms with Gasteiger partial charge in [-0.2, -0.15) is 0 Å². The van der Waals surface area contributed by atoms with Gasteiger partial charge in [0.15, 0.2) is 0 Å². The van der Waals surface area contributed by atoms with Crippen molar-refractivity contribution in [3.63, 3.8) is 0 Å². The van der Waals surface area contributed by atoms with Gasteiger partial charge in [0.2, 0.25) is 0 Å². The lowest BCUT2D eigenvalue weighted by Gasteiger charge is -2.52. The molecule has 2 aliphatic carbocycles. The highest BCUT2D eigenvalue weighted by atomic mass is 14.5. The van der Waals surface area contributed by atoms with Crippen molar-refractivity contribution < 1.29 is 0 Å². The van der Waals surface area contributed by atoms with E-state index in [0.29, 0.717) is 5.41 Å². The maximum atomic E-state index is 2.47. The Balaban J connectivity index is 2.17. The Morgan fingerprint density at radius 2 is 1.33 bits per heavy atom. The molecule has 0 radical (unpaired) electrons. The third-order valence-electron chi connectivity index (χ3n) is 5.05. The monoisotopic (exact) mass is 208 g/mol. The van der Waals surface area contributed by atoms with E-state index in [4.69, 9.17) is 0 Å². The quantitative estimate of drug-likeness (QED) is 0.515. The molecule has 0 aromatic heterocycles. The molecule has 1 spiro atoms. The predicted molar refractivity (Wildman–Crippen MR) is 66.9 cm³/mol. The van der Waals surface area contributed by atoms with Crippen LogP contribution in [0.15, 0.2) is 0 Å². The molecular weight excluding hydrogens is 180 g/mol. The van der Waals surface area contributed by atoms with E-state index in [1.807, 2.05) is 0 Å². The fourth-order valence-electron chi connectivity index (χ4n) is 4.51. The maximum Gasteiger partial charge on any atom is -0.0264 e. The number of rotatable bonds is 0. The smallest absolute Gasteiger partial charge is 0.0264 e. The maximum absolute atomic E-state index is 2.47. The second-order valence-corrected chi connectivity index (χ2v) is 7.09. The summed E-state index contributed by atoms with van der Waals surface area (Å²) < 4.78 is 0. The zero-order chi connectivity index (χ0) is 10.9. The fourth-order valence-corrected chi connectivity index (χ4v) is 4.51. The van der Waals surface area contributed by atoms with Gasteiger partial charge in [-0.25, -0.2) is 0 Å². The summed E-state index contributed by atoms with van der Waals surface area (Å²) in [6.07, 6.45) is 13.6. The van der Waals surface area contributed by atoms with Crippen molar-refractivity contribution in [1.29, 1.82) is 0 Å². The van der Waals surface area contributed by atoms with E-state index in [-0.39, 0.29) is 0 Å². The molecule has 0 aliphatic heterocycles. The molecule has 2 fully saturated rings. The molecule has 0 nitrogen and oxygen atoms in total. The van der Waals surface area contributed by atoms with Gasteiger partial charge in [-0.15, -0.1) is 0 Å². The van der Waals surface area contributed by atoms with Crippen LogP contribution in [0.5, 0.6) is 0 Å². The van der Waals surface area contributed by atoms with Gasteiger partial charge < -0.3 is 0 Å². The third kappa shape index (κ3) is 2.24. The van der Waals surface area contributed by atoms with Crippen LogP contribution in [-0.4, -0.2) is 0 Å². The molecule has 0 aromatic rings. The van der Waals surface area contributed by atoms with Crippen LogP contribution in [0, 0.1) is 16.7 Å². The minimum absolute atomic E-state index is 0.539. The van der Waals surface area contributed by atoms with Gasteiger partial charge in [-0.3, -0.25) is 0 Å². The average Bonchev–Trinajstić information content (AvgIpc) is 2.18. The molecule has 2 rings (SSSR count). The summed E-state index contributed by atoms with van der Waals surface area (Å²) in [5.74, 6) is 0.999. The summed E-state index contributed by atoms with van der Waals surface area (Å²) in [5, 5.41) is 0. The van der Waals surface area contributed by atoms with Crippen LogP contribution in [0.2, 0.25) is 0 Å². The Labute approximate surface area is 95.8 Å². The lowest BCUT2D eigenvalue weighted by Crippen LogP contribution is -2.42. The Bertz CT molecular complexity index is 194. The highest BCUT2D eigenvalue weighted by Gasteiger charge is 2.45. The van der Waals surface area contributed by atoms with Crippen LogP contribution >= 0.6 is 0 Å². The summed E-state index contributed by atoms with van der Waals surface area (Å²) in [6.45, 7) is 7.41. The summed E-state index contributed by atoms with van der Waals surface area (Å²) >= 11 is 0. The minimum atomic E-state index is 0.539. The van der Waals surface area contributed by atoms with Crippen molar-refractivity contribution in [2.24, 2.45) is 16.7 Å². The SMILES string of the molecule is CC(C)(C)C1CCCCC12CCCCC2. The molecule has 2 saturated carbocycles. The van der Waals surface area contributed by atoms with Crippen LogP contribution in [0.3, 0.4) is 0 Å². The van der Waals surface area contributed by atoms with Gasteiger partial charge in [-0.1, -0.05) is 52.9 Å². The Morgan fingerprint density at radius 1 is 0.800 bits per heavy atom. The highest BCUT2D eigenvalue weighted by molar-refractivity contribution is 4.96. The standard InChI is InChI=1S/C15H28/c1-14(2,3)13-9-5-8-12-15(13)10-6-4-7-11-15/h13H,4-12H2,1-3H3. The molecule has 0 saturated heterocycles. The summed E-state index contributed by atoms with van der Waals surface area (Å²) in [4.78, 5) is 0. The van der Waals surface area contributed by atoms with E-state index in [1.54, 1.807) is 0 Å². The van der Waals surface area contributed by atoms with E-state index in [2.05, 4.69) is 20.8 Å². The first kappa shape index (κ1) is 11.5. The Hall–Kier alpha value is 0. The summed E-state index contributed by atoms with van der Waals surface area (Å²) in [7, 11) is 0. The summed E-state index contributed by atoms with van der Waals surface area (Å²) in [5.41, 5.74) is 1.30. The van der Waals surface area contributed by atoms with Crippen LogP contribution in [0.1, 0.15) is 78.6 Å². The van der Waals surface area contributed by atoms with Crippen LogP contribution in [0.25, 0.3) is 0 Å². The zero-order valence-electron chi connectivity index (χ0n) is 10.9. The van der Waals surface area contributed by atoms with Crippen LogP contribution in [-0.2, 0) is 0 Å². The van der Waals surface area contributed by atoms with Crippen molar-refractivity contribution in [3.8, 4) is 0 Å². The van der Waals surface area contributed by atoms with E-state index >= 15 is 0 Å². The van der Waals surface area contributed by atoms with Gasteiger partial charge in [-0.05, 0) is 42.4 Å². The Kier molecular flexibility index (Phi) is 3.14. The molecule has 0 N–H and O–H groups in total. The van der Waals surface area contributed by atoms with Crippen LogP contribution in [0.4, 0.5) is 0 Å². The van der Waals surface area contributed by atoms with Gasteiger partial charge in [0, 0.05) is 0 Å². The molecule has 0 amide bonds. The largest absolute Gasteiger partial charge is 0.0599 e. The first-order valence-corrected chi connectivity index (χ1v) is 7.05. The van der Waals surface area contributed by atoms with E-state index in [1.165, 1.54) is 57.8 Å². The van der Waals surface area contributed by atoms with Gasteiger partial charge >= 0.3 is 0 Å². The number of hydrogen-bond acceptors (Lipinski definition) is 0. The van der Waals surface area contributed by atoms with Gasteiger partial charge in [0.25, 0.3) is 0 Å². The second-order valence-electron chi connectivity index (χ2n) is 7.09. The van der Waals surface area contributed by atoms with Crippen molar-refractivity contribution in [1.82, 2.24) is 0 Å². The average molecular weight is 208 g/mol. The highest BCUT2D eigenvalue weighted by Crippen LogP contribution is 2.56. The van der Waals surface area contributed by atoms with E-state index < -0.39 is 0 Å². The minimum Gasteiger partial charge on any atom is -0.0599 e. The van der Waals surface area contributed by atoms with E-state index in [9.17, 15) is 0 Å². The molecular formula is C15H28. The molecule has 1 atom stereocenters. The molecule has 0 bridgehead atoms. The topological polar surface area (TPSA) is 0 Å². The first-order valence-electron chi connectivity index (χ1n) is 7.05. The van der Waals surface area contributed by atoms with Gasteiger partial charge in [0.1, 0.15) is 0 Å². The van der Waals surface area contributed by atoms with Crippen molar-refractivity contribution in [2.45, 2.75) is 78.6 Å². The number of hydrogen-bond donors (Lipinski definition) is 0. The molecule has 0 heterocycles. The normalized spacial score (nSPS) is 31.8. The molecule has 0 aromatic carbocycles. The summed E-state index contributed by atoms with van der Waals surface area (Å²) in [6, 6.07) is 0. The van der Waals surface area contributed by atoms with Crippen molar-refractivity contribution in [3.05, 3.63) is 0 Å². The molecule has 0 heteroatoms. The lowest BCUT2D eigenvalue weighted by molar-refractivity contribution is -0.0180. The van der Waals surface area contributed by atoms with Crippen LogP contribution < -0.4 is 0 Å². The van der Waals surface area contributed by atoms with Crippen molar-refractivity contribution >= 4 is 0 Å². The lowest BCUT2D eigenvalue weighted by atomic mass is 9.53. The molecule has 2 aliphatic rings.